The van der Waals surface area contributed by atoms with E-state index in [1.807, 2.05) is 20.8 Å². The van der Waals surface area contributed by atoms with Crippen molar-refractivity contribution in [2.75, 3.05) is 16.4 Å². The van der Waals surface area contributed by atoms with Crippen LogP contribution in [0.5, 0.6) is 0 Å². The van der Waals surface area contributed by atoms with Crippen molar-refractivity contribution in [2.24, 2.45) is 0 Å². The molecule has 5 N–H and O–H groups in total. The molecule has 0 radical (unpaired) electrons. The maximum atomic E-state index is 15.0. The van der Waals surface area contributed by atoms with Crippen LogP contribution in [0.15, 0.2) is 48.7 Å². The molecule has 0 saturated carbocycles. The number of urea groups is 1. The molecule has 0 fully saturated rings. The predicted octanol–water partition coefficient (Wildman–Crippen LogP) is 5.47. The first-order chi connectivity index (χ1) is 16.5. The Morgan fingerprint density at radius 2 is 1.71 bits per heavy atom. The lowest BCUT2D eigenvalue weighted by Gasteiger charge is -2.14. The highest BCUT2D eigenvalue weighted by Gasteiger charge is 2.25. The van der Waals surface area contributed by atoms with Gasteiger partial charge in [0.2, 0.25) is 5.95 Å². The molecule has 4 rings (SSSR count). The first kappa shape index (κ1) is 23.7. The molecular formula is C24H22F3N7O. The minimum atomic E-state index is -0.840. The van der Waals surface area contributed by atoms with Gasteiger partial charge in [-0.15, -0.1) is 0 Å². The fourth-order valence-electron chi connectivity index (χ4n) is 3.28. The minimum Gasteiger partial charge on any atom is -0.368 e. The van der Waals surface area contributed by atoms with Crippen LogP contribution in [0.4, 0.5) is 35.3 Å². The van der Waals surface area contributed by atoms with Gasteiger partial charge in [0.1, 0.15) is 29.0 Å². The summed E-state index contributed by atoms with van der Waals surface area (Å²) >= 11 is 0. The average molecular weight is 481 g/mol. The highest BCUT2D eigenvalue weighted by molar-refractivity contribution is 6.00. The summed E-state index contributed by atoms with van der Waals surface area (Å²) in [7, 11) is 0. The zero-order valence-corrected chi connectivity index (χ0v) is 19.1. The molecule has 0 saturated heterocycles. The number of nitrogens with one attached hydrogen (secondary N) is 3. The zero-order chi connectivity index (χ0) is 25.3. The van der Waals surface area contributed by atoms with Gasteiger partial charge in [-0.1, -0.05) is 20.8 Å². The number of hydrogen-bond acceptors (Lipinski definition) is 5. The van der Waals surface area contributed by atoms with Gasteiger partial charge in [0.05, 0.1) is 17.1 Å². The number of benzene rings is 2. The number of carbonyl (C=O) groups is 1. The van der Waals surface area contributed by atoms with E-state index >= 15 is 0 Å². The number of nitrogens with two attached hydrogens (primary N) is 1. The van der Waals surface area contributed by atoms with Crippen LogP contribution in [-0.4, -0.2) is 26.0 Å². The molecular weight excluding hydrogens is 459 g/mol. The number of nitrogen functional groups attached to an aromatic ring is 1. The molecule has 2 amide bonds. The second kappa shape index (κ2) is 9.09. The Hall–Kier alpha value is -4.41. The van der Waals surface area contributed by atoms with E-state index in [1.165, 1.54) is 18.3 Å². The maximum Gasteiger partial charge on any atom is 0.323 e. The second-order valence-corrected chi connectivity index (χ2v) is 8.76. The molecule has 4 aromatic rings. The first-order valence-electron chi connectivity index (χ1n) is 10.5. The fraction of sp³-hybridized carbons (Fsp3) is 0.167. The van der Waals surface area contributed by atoms with E-state index in [2.05, 4.69) is 30.6 Å². The summed E-state index contributed by atoms with van der Waals surface area (Å²) < 4.78 is 42.2. The van der Waals surface area contributed by atoms with Crippen molar-refractivity contribution in [1.29, 1.82) is 0 Å². The molecule has 0 bridgehead atoms. The van der Waals surface area contributed by atoms with Gasteiger partial charge in [-0.05, 0) is 36.4 Å². The molecule has 2 aromatic heterocycles. The number of hydrogen-bond donors (Lipinski definition) is 4. The van der Waals surface area contributed by atoms with Crippen molar-refractivity contribution >= 4 is 23.4 Å². The van der Waals surface area contributed by atoms with Crippen LogP contribution in [0.25, 0.3) is 22.6 Å². The van der Waals surface area contributed by atoms with Gasteiger partial charge < -0.3 is 21.4 Å². The van der Waals surface area contributed by atoms with Crippen LogP contribution in [0.2, 0.25) is 0 Å². The van der Waals surface area contributed by atoms with Crippen LogP contribution in [-0.2, 0) is 5.41 Å². The summed E-state index contributed by atoms with van der Waals surface area (Å²) in [6.45, 7) is 5.83. The number of imidazole rings is 1. The third-order valence-electron chi connectivity index (χ3n) is 5.00. The predicted molar refractivity (Wildman–Crippen MR) is 127 cm³/mol. The van der Waals surface area contributed by atoms with Crippen LogP contribution in [0.1, 0.15) is 26.6 Å². The number of rotatable bonds is 4. The van der Waals surface area contributed by atoms with Gasteiger partial charge in [0, 0.05) is 28.9 Å². The van der Waals surface area contributed by atoms with Crippen LogP contribution in [0.3, 0.4) is 0 Å². The van der Waals surface area contributed by atoms with E-state index in [0.717, 1.165) is 24.3 Å². The van der Waals surface area contributed by atoms with Crippen LogP contribution >= 0.6 is 0 Å². The largest absolute Gasteiger partial charge is 0.368 e. The van der Waals surface area contributed by atoms with Gasteiger partial charge in [0.25, 0.3) is 0 Å². The van der Waals surface area contributed by atoms with Gasteiger partial charge in [-0.25, -0.2) is 32.9 Å². The summed E-state index contributed by atoms with van der Waals surface area (Å²) in [6, 6.07) is 7.33. The zero-order valence-electron chi connectivity index (χ0n) is 19.1. The lowest BCUT2D eigenvalue weighted by atomic mass is 9.96. The number of H-pyrrole nitrogens is 1. The summed E-state index contributed by atoms with van der Waals surface area (Å²) in [5.41, 5.74) is 6.37. The summed E-state index contributed by atoms with van der Waals surface area (Å²) in [5, 5.41) is 4.72. The van der Waals surface area contributed by atoms with E-state index in [4.69, 9.17) is 5.73 Å². The number of anilines is 3. The molecule has 0 aliphatic heterocycles. The molecule has 0 aliphatic rings. The lowest BCUT2D eigenvalue weighted by Crippen LogP contribution is -2.20. The molecule has 35 heavy (non-hydrogen) atoms. The fourth-order valence-corrected chi connectivity index (χ4v) is 3.28. The quantitative estimate of drug-likeness (QED) is 0.308. The normalized spacial score (nSPS) is 11.4. The molecule has 0 atom stereocenters. The van der Waals surface area contributed by atoms with E-state index in [1.54, 1.807) is 6.07 Å². The molecule has 11 heteroatoms. The van der Waals surface area contributed by atoms with E-state index in [9.17, 15) is 18.0 Å². The highest BCUT2D eigenvalue weighted by atomic mass is 19.1. The number of aromatic nitrogens is 4. The monoisotopic (exact) mass is 481 g/mol. The Balaban J connectivity index is 1.71. The van der Waals surface area contributed by atoms with Crippen molar-refractivity contribution < 1.29 is 18.0 Å². The molecule has 8 nitrogen and oxygen atoms in total. The summed E-state index contributed by atoms with van der Waals surface area (Å²) in [5.74, 6) is -1.49. The van der Waals surface area contributed by atoms with Crippen molar-refractivity contribution in [1.82, 2.24) is 19.9 Å². The van der Waals surface area contributed by atoms with Gasteiger partial charge in [-0.3, -0.25) is 0 Å². The molecule has 0 aliphatic carbocycles. The first-order valence-corrected chi connectivity index (χ1v) is 10.5. The average Bonchev–Trinajstić information content (AvgIpc) is 3.23. The number of amides is 2. The number of aromatic amines is 1. The van der Waals surface area contributed by atoms with Gasteiger partial charge >= 0.3 is 6.03 Å². The SMILES string of the molecule is CC(C)(C)c1nc(-c2cc(NC(=O)Nc3cc(F)ccc3F)ccc2F)c(-c2ccnc(N)n2)[nH]1. The number of halogens is 3. The second-order valence-electron chi connectivity index (χ2n) is 8.76. The van der Waals surface area contributed by atoms with Gasteiger partial charge in [-0.2, -0.15) is 0 Å². The highest BCUT2D eigenvalue weighted by Crippen LogP contribution is 2.35. The minimum absolute atomic E-state index is 0.0394. The van der Waals surface area contributed by atoms with Gasteiger partial charge in [0.15, 0.2) is 0 Å². The van der Waals surface area contributed by atoms with Crippen LogP contribution < -0.4 is 16.4 Å². The van der Waals surface area contributed by atoms with Crippen molar-refractivity contribution in [3.05, 3.63) is 71.9 Å². The Bertz CT molecular complexity index is 1410. The topological polar surface area (TPSA) is 122 Å². The lowest BCUT2D eigenvalue weighted by molar-refractivity contribution is 0.262. The third kappa shape index (κ3) is 5.24. The molecule has 0 spiro atoms. The molecule has 180 valence electrons. The molecule has 0 unspecified atom stereocenters. The third-order valence-corrected chi connectivity index (χ3v) is 5.00. The van der Waals surface area contributed by atoms with Crippen molar-refractivity contribution in [3.8, 4) is 22.6 Å². The van der Waals surface area contributed by atoms with Crippen molar-refractivity contribution in [2.45, 2.75) is 26.2 Å². The van der Waals surface area contributed by atoms with E-state index in [-0.39, 0.29) is 28.6 Å². The number of carbonyl (C=O) groups excluding carboxylic acids is 1. The maximum absolute atomic E-state index is 15.0. The Morgan fingerprint density at radius 1 is 0.971 bits per heavy atom. The Kier molecular flexibility index (Phi) is 6.16. The Labute approximate surface area is 198 Å². The molecule has 2 heterocycles. The van der Waals surface area contributed by atoms with Crippen molar-refractivity contribution in [3.63, 3.8) is 0 Å². The smallest absolute Gasteiger partial charge is 0.323 e. The van der Waals surface area contributed by atoms with E-state index < -0.39 is 28.9 Å². The summed E-state index contributed by atoms with van der Waals surface area (Å²) in [4.78, 5) is 28.3. The van der Waals surface area contributed by atoms with Crippen LogP contribution in [0, 0.1) is 17.5 Å². The number of nitrogens with zero attached hydrogens (tertiary/aromatic N) is 3. The standard InChI is InChI=1S/C24H22F3N7O/c1-24(2,3)21-33-19(20(34-21)17-8-9-29-22(28)31-17)14-11-13(5-7-15(14)26)30-23(35)32-18-10-12(25)4-6-16(18)27/h4-11H,1-3H3,(H,33,34)(H2,28,29,31)(H2,30,32,35). The van der Waals surface area contributed by atoms with E-state index in [0.29, 0.717) is 17.2 Å². The summed E-state index contributed by atoms with van der Waals surface area (Å²) in [6.07, 6.45) is 1.48. The molecule has 2 aromatic carbocycles. The Morgan fingerprint density at radius 3 is 2.43 bits per heavy atom.